The van der Waals surface area contributed by atoms with Gasteiger partial charge in [0.2, 0.25) is 0 Å². The van der Waals surface area contributed by atoms with Gasteiger partial charge in [-0.05, 0) is 195 Å². The molecule has 61 heavy (non-hydrogen) atoms. The van der Waals surface area contributed by atoms with Crippen molar-refractivity contribution in [2.75, 3.05) is 9.80 Å². The normalized spacial score (nSPS) is 11.9. The van der Waals surface area contributed by atoms with Crippen molar-refractivity contribution in [1.29, 1.82) is 0 Å². The Morgan fingerprint density at radius 1 is 0.295 bits per heavy atom. The lowest BCUT2D eigenvalue weighted by Gasteiger charge is -2.26. The van der Waals surface area contributed by atoms with Crippen molar-refractivity contribution in [1.82, 2.24) is 0 Å². The van der Waals surface area contributed by atoms with Crippen molar-refractivity contribution >= 4 is 99.5 Å². The summed E-state index contributed by atoms with van der Waals surface area (Å²) in [6.45, 7) is 15.1. The lowest BCUT2D eigenvalue weighted by molar-refractivity contribution is 0.651. The van der Waals surface area contributed by atoms with Crippen molar-refractivity contribution in [2.45, 2.75) is 48.5 Å². The summed E-state index contributed by atoms with van der Waals surface area (Å²) in [6.07, 6.45) is 0. The van der Waals surface area contributed by atoms with Gasteiger partial charge in [0.15, 0.2) is 0 Å². The third-order valence-electron chi connectivity index (χ3n) is 12.9. The quantitative estimate of drug-likeness (QED) is 0.168. The van der Waals surface area contributed by atoms with Crippen LogP contribution >= 0.6 is 0 Å². The Labute approximate surface area is 355 Å². The first-order valence-corrected chi connectivity index (χ1v) is 21.1. The van der Waals surface area contributed by atoms with E-state index < -0.39 is 0 Å². The van der Waals surface area contributed by atoms with E-state index in [1.807, 2.05) is 0 Å². The standard InChI is InChI=1S/C57H46N2O2/c1-33-8-16-44(17-9-33)58(46-20-12-35(3)37(5)24-46)48-22-14-40-28-50-52-32-53-51-29-41-15-23-49(59(45-18-10-34(2)11-19-45)47-21-13-36(4)38(6)25-47)27-43(41)31-55(51)61-57(53)39(7)56(52)60-54(50)30-42(40)26-48/h8-32H,1-7H3. The number of aryl methyl sites for hydroxylation is 7. The zero-order valence-corrected chi connectivity index (χ0v) is 35.6. The number of anilines is 6. The molecule has 0 saturated heterocycles. The van der Waals surface area contributed by atoms with Crippen LogP contribution in [0.5, 0.6) is 0 Å². The summed E-state index contributed by atoms with van der Waals surface area (Å²) in [5.74, 6) is 0. The van der Waals surface area contributed by atoms with Gasteiger partial charge in [-0.1, -0.05) is 59.7 Å². The van der Waals surface area contributed by atoms with E-state index in [0.717, 1.165) is 94.3 Å². The molecule has 0 radical (unpaired) electrons. The Bertz CT molecular complexity index is 3320. The molecule has 0 aliphatic rings. The van der Waals surface area contributed by atoms with Crippen LogP contribution in [-0.4, -0.2) is 0 Å². The Morgan fingerprint density at radius 3 is 1.08 bits per heavy atom. The third-order valence-corrected chi connectivity index (χ3v) is 12.9. The van der Waals surface area contributed by atoms with Crippen LogP contribution in [0.4, 0.5) is 34.1 Å². The molecule has 0 spiro atoms. The topological polar surface area (TPSA) is 32.8 Å². The first-order valence-electron chi connectivity index (χ1n) is 21.1. The minimum Gasteiger partial charge on any atom is -0.456 e. The molecule has 11 rings (SSSR count). The summed E-state index contributed by atoms with van der Waals surface area (Å²) < 4.78 is 13.5. The molecule has 0 aliphatic heterocycles. The molecule has 4 heteroatoms. The summed E-state index contributed by atoms with van der Waals surface area (Å²) in [6, 6.07) is 55.6. The molecule has 4 nitrogen and oxygen atoms in total. The molecule has 2 heterocycles. The average molecular weight is 791 g/mol. The van der Waals surface area contributed by atoms with E-state index in [-0.39, 0.29) is 0 Å². The number of fused-ring (bicyclic) bond motifs is 8. The largest absolute Gasteiger partial charge is 0.456 e. The molecule has 0 N–H and O–H groups in total. The monoisotopic (exact) mass is 790 g/mol. The zero-order chi connectivity index (χ0) is 41.7. The van der Waals surface area contributed by atoms with Crippen LogP contribution in [0.15, 0.2) is 160 Å². The zero-order valence-electron chi connectivity index (χ0n) is 35.6. The van der Waals surface area contributed by atoms with Crippen LogP contribution < -0.4 is 9.80 Å². The van der Waals surface area contributed by atoms with Gasteiger partial charge in [-0.15, -0.1) is 0 Å². The third kappa shape index (κ3) is 6.13. The maximum atomic E-state index is 6.75. The van der Waals surface area contributed by atoms with E-state index in [1.165, 1.54) is 44.2 Å². The first-order chi connectivity index (χ1) is 29.6. The van der Waals surface area contributed by atoms with Crippen LogP contribution in [0.2, 0.25) is 0 Å². The number of furan rings is 2. The van der Waals surface area contributed by atoms with Crippen molar-refractivity contribution in [2.24, 2.45) is 0 Å². The van der Waals surface area contributed by atoms with Gasteiger partial charge in [0, 0.05) is 61.2 Å². The van der Waals surface area contributed by atoms with Gasteiger partial charge in [-0.3, -0.25) is 0 Å². The van der Waals surface area contributed by atoms with Crippen LogP contribution in [0.3, 0.4) is 0 Å². The van der Waals surface area contributed by atoms with Gasteiger partial charge in [0.05, 0.1) is 0 Å². The molecule has 0 saturated carbocycles. The van der Waals surface area contributed by atoms with Gasteiger partial charge in [0.25, 0.3) is 0 Å². The van der Waals surface area contributed by atoms with E-state index in [4.69, 9.17) is 8.83 Å². The van der Waals surface area contributed by atoms with Crippen molar-refractivity contribution in [3.05, 3.63) is 191 Å². The molecular weight excluding hydrogens is 745 g/mol. The fourth-order valence-corrected chi connectivity index (χ4v) is 9.07. The number of rotatable bonds is 6. The fourth-order valence-electron chi connectivity index (χ4n) is 9.07. The van der Waals surface area contributed by atoms with E-state index in [0.29, 0.717) is 0 Å². The number of nitrogens with zero attached hydrogens (tertiary/aromatic N) is 2. The second-order valence-electron chi connectivity index (χ2n) is 17.1. The van der Waals surface area contributed by atoms with Gasteiger partial charge in [-0.2, -0.15) is 0 Å². The van der Waals surface area contributed by atoms with Gasteiger partial charge >= 0.3 is 0 Å². The molecule has 0 amide bonds. The minimum atomic E-state index is 0.863. The molecule has 0 fully saturated rings. The summed E-state index contributed by atoms with van der Waals surface area (Å²) in [7, 11) is 0. The molecule has 2 aromatic heterocycles. The van der Waals surface area contributed by atoms with E-state index in [9.17, 15) is 0 Å². The molecule has 0 aliphatic carbocycles. The Morgan fingerprint density at radius 2 is 0.672 bits per heavy atom. The Balaban J connectivity index is 1.02. The van der Waals surface area contributed by atoms with Crippen molar-refractivity contribution in [3.8, 4) is 0 Å². The molecule has 0 bridgehead atoms. The highest BCUT2D eigenvalue weighted by Crippen LogP contribution is 2.44. The van der Waals surface area contributed by atoms with Crippen LogP contribution in [-0.2, 0) is 0 Å². The first kappa shape index (κ1) is 36.8. The fraction of sp³-hybridized carbons (Fsp3) is 0.123. The van der Waals surface area contributed by atoms with Gasteiger partial charge in [0.1, 0.15) is 22.3 Å². The van der Waals surface area contributed by atoms with E-state index in [2.05, 4.69) is 210 Å². The van der Waals surface area contributed by atoms with Gasteiger partial charge in [-0.25, -0.2) is 0 Å². The summed E-state index contributed by atoms with van der Waals surface area (Å²) in [5, 5.41) is 8.99. The van der Waals surface area contributed by atoms with Crippen LogP contribution in [0, 0.1) is 48.5 Å². The minimum absolute atomic E-state index is 0.863. The SMILES string of the molecule is Cc1ccc(N(c2ccc(C)c(C)c2)c2ccc3cc4c(cc3c2)oc2c(C)c3oc5cc6cc(N(c7ccc(C)cc7)c7ccc(C)c(C)c7)ccc6cc5c3cc24)cc1. The lowest BCUT2D eigenvalue weighted by Crippen LogP contribution is -2.10. The summed E-state index contributed by atoms with van der Waals surface area (Å²) in [4.78, 5) is 4.68. The Kier molecular flexibility index (Phi) is 8.37. The second-order valence-corrected chi connectivity index (χ2v) is 17.1. The maximum absolute atomic E-state index is 6.75. The molecule has 296 valence electrons. The number of benzene rings is 9. The molecule has 9 aromatic carbocycles. The second kappa shape index (κ2) is 13.9. The van der Waals surface area contributed by atoms with E-state index in [1.54, 1.807) is 0 Å². The van der Waals surface area contributed by atoms with E-state index >= 15 is 0 Å². The summed E-state index contributed by atoms with van der Waals surface area (Å²) >= 11 is 0. The molecule has 0 unspecified atom stereocenters. The van der Waals surface area contributed by atoms with Crippen molar-refractivity contribution in [3.63, 3.8) is 0 Å². The molecule has 11 aromatic rings. The van der Waals surface area contributed by atoms with Crippen LogP contribution in [0.1, 0.15) is 38.9 Å². The maximum Gasteiger partial charge on any atom is 0.142 e. The number of hydrogen-bond donors (Lipinski definition) is 0. The van der Waals surface area contributed by atoms with Gasteiger partial charge < -0.3 is 18.6 Å². The highest BCUT2D eigenvalue weighted by molar-refractivity contribution is 6.20. The lowest BCUT2D eigenvalue weighted by atomic mass is 10.0. The highest BCUT2D eigenvalue weighted by atomic mass is 16.3. The predicted molar refractivity (Wildman–Crippen MR) is 259 cm³/mol. The predicted octanol–water partition coefficient (Wildman–Crippen LogP) is 16.9. The highest BCUT2D eigenvalue weighted by Gasteiger charge is 2.21. The molecule has 0 atom stereocenters. The summed E-state index contributed by atoms with van der Waals surface area (Å²) in [5.41, 5.74) is 18.8. The molecular formula is C57H46N2O2. The van der Waals surface area contributed by atoms with Crippen molar-refractivity contribution < 1.29 is 8.83 Å². The average Bonchev–Trinajstić information content (AvgIpc) is 3.80. The smallest absolute Gasteiger partial charge is 0.142 e. The van der Waals surface area contributed by atoms with Crippen LogP contribution in [0.25, 0.3) is 65.4 Å². The number of hydrogen-bond acceptors (Lipinski definition) is 4. The Hall–Kier alpha value is -7.30.